The van der Waals surface area contributed by atoms with Crippen molar-refractivity contribution in [1.82, 2.24) is 14.5 Å². The quantitative estimate of drug-likeness (QED) is 0.511. The second kappa shape index (κ2) is 10.6. The van der Waals surface area contributed by atoms with E-state index in [0.717, 1.165) is 42.3 Å². The van der Waals surface area contributed by atoms with Gasteiger partial charge in [-0.1, -0.05) is 18.2 Å². The Morgan fingerprint density at radius 1 is 1.13 bits per heavy atom. The van der Waals surface area contributed by atoms with E-state index in [4.69, 9.17) is 21.7 Å². The summed E-state index contributed by atoms with van der Waals surface area (Å²) in [6.45, 7) is 4.43. The molecule has 0 fully saturated rings. The molecule has 0 bridgehead atoms. The molecule has 1 aromatic heterocycles. The lowest BCUT2D eigenvalue weighted by Gasteiger charge is -2.27. The maximum atomic E-state index is 5.77. The lowest BCUT2D eigenvalue weighted by Crippen LogP contribution is -2.35. The smallest absolute Gasteiger partial charge is 0.173 e. The van der Waals surface area contributed by atoms with Gasteiger partial charge in [0.15, 0.2) is 5.11 Å². The lowest BCUT2D eigenvalue weighted by molar-refractivity contribution is 0.393. The van der Waals surface area contributed by atoms with Crippen molar-refractivity contribution in [2.45, 2.75) is 26.4 Å². The molecular weight excluding hydrogens is 396 g/mol. The minimum atomic E-state index is 0.665. The van der Waals surface area contributed by atoms with Crippen LogP contribution in [0.2, 0.25) is 0 Å². The van der Waals surface area contributed by atoms with E-state index in [2.05, 4.69) is 31.9 Å². The number of nitrogens with one attached hydrogen (secondary N) is 1. The molecule has 0 aliphatic carbocycles. The third kappa shape index (κ3) is 5.97. The Balaban J connectivity index is 1.71. The Morgan fingerprint density at radius 2 is 1.93 bits per heavy atom. The molecule has 158 valence electrons. The van der Waals surface area contributed by atoms with Crippen LogP contribution in [-0.4, -0.2) is 40.3 Å². The van der Waals surface area contributed by atoms with E-state index in [1.807, 2.05) is 49.8 Å². The molecule has 6 nitrogen and oxygen atoms in total. The van der Waals surface area contributed by atoms with Crippen LogP contribution in [0.4, 0.5) is 5.69 Å². The van der Waals surface area contributed by atoms with Crippen molar-refractivity contribution in [3.63, 3.8) is 0 Å². The summed E-state index contributed by atoms with van der Waals surface area (Å²) in [4.78, 5) is 6.28. The van der Waals surface area contributed by atoms with Crippen molar-refractivity contribution in [3.8, 4) is 11.5 Å². The van der Waals surface area contributed by atoms with Gasteiger partial charge in [0.1, 0.15) is 11.5 Å². The van der Waals surface area contributed by atoms with Gasteiger partial charge in [0.2, 0.25) is 0 Å². The number of aromatic nitrogens is 2. The topological polar surface area (TPSA) is 51.5 Å². The summed E-state index contributed by atoms with van der Waals surface area (Å²) in [6.07, 6.45) is 6.55. The molecule has 0 aliphatic heterocycles. The summed E-state index contributed by atoms with van der Waals surface area (Å²) in [5, 5.41) is 4.03. The van der Waals surface area contributed by atoms with Crippen molar-refractivity contribution in [2.24, 2.45) is 0 Å². The summed E-state index contributed by atoms with van der Waals surface area (Å²) in [6, 6.07) is 14.1. The number of rotatable bonds is 9. The standard InChI is InChI=1S/C23H28N4O2S/c1-18-5-10-21(22(15-18)29-3)25-23(30)27(13-4-12-26-14-11-24-17-26)16-19-6-8-20(28-2)9-7-19/h5-11,14-15,17H,4,12-13,16H2,1-3H3,(H,25,30). The SMILES string of the molecule is COc1ccc(CN(CCCn2ccnc2)C(=S)Nc2ccc(C)cc2OC)cc1. The number of thiocarbonyl (C=S) groups is 1. The molecule has 0 amide bonds. The Hall–Kier alpha value is -3.06. The molecule has 0 saturated carbocycles. The van der Waals surface area contributed by atoms with Gasteiger partial charge in [0.05, 0.1) is 26.2 Å². The Kier molecular flexibility index (Phi) is 7.68. The fraction of sp³-hybridized carbons (Fsp3) is 0.304. The molecule has 3 aromatic rings. The molecule has 0 radical (unpaired) electrons. The third-order valence-electron chi connectivity index (χ3n) is 4.82. The first-order valence-corrected chi connectivity index (χ1v) is 10.3. The Labute approximate surface area is 183 Å². The highest BCUT2D eigenvalue weighted by atomic mass is 32.1. The summed E-state index contributed by atoms with van der Waals surface area (Å²) in [5.41, 5.74) is 3.17. The monoisotopic (exact) mass is 424 g/mol. The average Bonchev–Trinajstić information content (AvgIpc) is 3.28. The van der Waals surface area contributed by atoms with E-state index in [-0.39, 0.29) is 0 Å². The number of anilines is 1. The van der Waals surface area contributed by atoms with Crippen LogP contribution in [0.15, 0.2) is 61.2 Å². The molecular formula is C23H28N4O2S. The second-order valence-electron chi connectivity index (χ2n) is 7.06. The number of aryl methyl sites for hydroxylation is 2. The summed E-state index contributed by atoms with van der Waals surface area (Å²) < 4.78 is 12.9. The lowest BCUT2D eigenvalue weighted by atomic mass is 10.2. The fourth-order valence-corrected chi connectivity index (χ4v) is 3.43. The third-order valence-corrected chi connectivity index (χ3v) is 5.18. The van der Waals surface area contributed by atoms with E-state index in [9.17, 15) is 0 Å². The van der Waals surface area contributed by atoms with Crippen LogP contribution in [-0.2, 0) is 13.1 Å². The van der Waals surface area contributed by atoms with Crippen molar-refractivity contribution < 1.29 is 9.47 Å². The predicted molar refractivity (Wildman–Crippen MR) is 124 cm³/mol. The van der Waals surface area contributed by atoms with Crippen molar-refractivity contribution in [3.05, 3.63) is 72.3 Å². The van der Waals surface area contributed by atoms with E-state index >= 15 is 0 Å². The number of methoxy groups -OCH3 is 2. The molecule has 7 heteroatoms. The van der Waals surface area contributed by atoms with Crippen LogP contribution in [0.3, 0.4) is 0 Å². The molecule has 1 N–H and O–H groups in total. The number of ether oxygens (including phenoxy) is 2. The van der Waals surface area contributed by atoms with Crippen LogP contribution in [0.25, 0.3) is 0 Å². The number of hydrogen-bond acceptors (Lipinski definition) is 4. The van der Waals surface area contributed by atoms with E-state index in [0.29, 0.717) is 11.7 Å². The average molecular weight is 425 g/mol. The molecule has 0 atom stereocenters. The highest BCUT2D eigenvalue weighted by Gasteiger charge is 2.13. The molecule has 2 aromatic carbocycles. The highest BCUT2D eigenvalue weighted by molar-refractivity contribution is 7.80. The highest BCUT2D eigenvalue weighted by Crippen LogP contribution is 2.26. The first kappa shape index (κ1) is 21.6. The van der Waals surface area contributed by atoms with Gasteiger partial charge in [0, 0.05) is 32.0 Å². The molecule has 0 saturated heterocycles. The van der Waals surface area contributed by atoms with Gasteiger partial charge >= 0.3 is 0 Å². The van der Waals surface area contributed by atoms with E-state index < -0.39 is 0 Å². The van der Waals surface area contributed by atoms with Gasteiger partial charge < -0.3 is 24.3 Å². The minimum Gasteiger partial charge on any atom is -0.497 e. The van der Waals surface area contributed by atoms with Gasteiger partial charge in [-0.3, -0.25) is 0 Å². The molecule has 0 aliphatic rings. The van der Waals surface area contributed by atoms with Crippen LogP contribution in [0.1, 0.15) is 17.5 Å². The van der Waals surface area contributed by atoms with Gasteiger partial charge in [0.25, 0.3) is 0 Å². The zero-order chi connectivity index (χ0) is 21.3. The van der Waals surface area contributed by atoms with Crippen LogP contribution in [0, 0.1) is 6.92 Å². The van der Waals surface area contributed by atoms with Crippen molar-refractivity contribution >= 4 is 23.0 Å². The van der Waals surface area contributed by atoms with Gasteiger partial charge in [-0.2, -0.15) is 0 Å². The number of hydrogen-bond donors (Lipinski definition) is 1. The Bertz CT molecular complexity index is 942. The number of benzene rings is 2. The number of imidazole rings is 1. The molecule has 3 rings (SSSR count). The Morgan fingerprint density at radius 3 is 2.60 bits per heavy atom. The van der Waals surface area contributed by atoms with Crippen LogP contribution in [0.5, 0.6) is 11.5 Å². The normalized spacial score (nSPS) is 10.5. The summed E-state index contributed by atoms with van der Waals surface area (Å²) in [5.74, 6) is 1.62. The van der Waals surface area contributed by atoms with Gasteiger partial charge in [-0.15, -0.1) is 0 Å². The zero-order valence-electron chi connectivity index (χ0n) is 17.7. The second-order valence-corrected chi connectivity index (χ2v) is 7.44. The molecule has 0 unspecified atom stereocenters. The summed E-state index contributed by atoms with van der Waals surface area (Å²) >= 11 is 5.77. The minimum absolute atomic E-state index is 0.665. The van der Waals surface area contributed by atoms with Crippen molar-refractivity contribution in [1.29, 1.82) is 0 Å². The van der Waals surface area contributed by atoms with E-state index in [1.165, 1.54) is 5.56 Å². The summed E-state index contributed by atoms with van der Waals surface area (Å²) in [7, 11) is 3.34. The predicted octanol–water partition coefficient (Wildman–Crippen LogP) is 4.50. The zero-order valence-corrected chi connectivity index (χ0v) is 18.5. The first-order chi connectivity index (χ1) is 14.6. The maximum absolute atomic E-state index is 5.77. The van der Waals surface area contributed by atoms with Crippen LogP contribution >= 0.6 is 12.2 Å². The van der Waals surface area contributed by atoms with Crippen LogP contribution < -0.4 is 14.8 Å². The first-order valence-electron chi connectivity index (χ1n) is 9.88. The maximum Gasteiger partial charge on any atom is 0.173 e. The van der Waals surface area contributed by atoms with E-state index in [1.54, 1.807) is 20.4 Å². The molecule has 0 spiro atoms. The largest absolute Gasteiger partial charge is 0.497 e. The molecule has 30 heavy (non-hydrogen) atoms. The molecule has 1 heterocycles. The van der Waals surface area contributed by atoms with Gasteiger partial charge in [-0.05, 0) is 61.0 Å². The fourth-order valence-electron chi connectivity index (χ4n) is 3.16. The number of nitrogens with zero attached hydrogens (tertiary/aromatic N) is 3. The van der Waals surface area contributed by atoms with Gasteiger partial charge in [-0.25, -0.2) is 4.98 Å². The van der Waals surface area contributed by atoms with Crippen molar-refractivity contribution in [2.75, 3.05) is 26.1 Å².